The highest BCUT2D eigenvalue weighted by Gasteiger charge is 1.98. The molecule has 0 aliphatic heterocycles. The highest BCUT2D eigenvalue weighted by atomic mass is 32.1. The molecule has 0 saturated carbocycles. The Bertz CT molecular complexity index is 449. The van der Waals surface area contributed by atoms with Crippen LogP contribution in [0, 0.1) is 6.92 Å². The number of hydrogen-bond donors (Lipinski definition) is 0. The second kappa shape index (κ2) is 3.35. The van der Waals surface area contributed by atoms with Crippen LogP contribution in [0.4, 0.5) is 0 Å². The number of hydrogen-bond acceptors (Lipinski definition) is 1. The molecule has 0 unspecified atom stereocenters. The van der Waals surface area contributed by atoms with E-state index >= 15 is 0 Å². The minimum Gasteiger partial charge on any atom is -0.144 e. The van der Waals surface area contributed by atoms with E-state index in [2.05, 4.69) is 49.6 Å². The summed E-state index contributed by atoms with van der Waals surface area (Å²) in [5.41, 5.74) is 2.68. The summed E-state index contributed by atoms with van der Waals surface area (Å²) in [6, 6.07) is 6.68. The van der Waals surface area contributed by atoms with E-state index in [4.69, 9.17) is 0 Å². The van der Waals surface area contributed by atoms with Gasteiger partial charge < -0.3 is 0 Å². The second-order valence-corrected chi connectivity index (χ2v) is 4.11. The largest absolute Gasteiger partial charge is 0.144 e. The van der Waals surface area contributed by atoms with E-state index in [1.54, 1.807) is 11.3 Å². The standard InChI is InChI=1S/C12H12S/c1-3-4-10-8-12-11(5-6-13-12)7-9(10)2/h3-8H,1-2H3/b4-3-. The summed E-state index contributed by atoms with van der Waals surface area (Å²) in [5.74, 6) is 0. The lowest BCUT2D eigenvalue weighted by Gasteiger charge is -1.99. The van der Waals surface area contributed by atoms with Gasteiger partial charge in [0.15, 0.2) is 0 Å². The van der Waals surface area contributed by atoms with Crippen LogP contribution in [0.3, 0.4) is 0 Å². The lowest BCUT2D eigenvalue weighted by atomic mass is 10.1. The predicted octanol–water partition coefficient (Wildman–Crippen LogP) is 4.24. The van der Waals surface area contributed by atoms with Crippen LogP contribution in [0.1, 0.15) is 18.1 Å². The highest BCUT2D eigenvalue weighted by molar-refractivity contribution is 7.17. The van der Waals surface area contributed by atoms with E-state index in [9.17, 15) is 0 Å². The van der Waals surface area contributed by atoms with Gasteiger partial charge in [0.1, 0.15) is 0 Å². The fraction of sp³-hybridized carbons (Fsp3) is 0.167. The van der Waals surface area contributed by atoms with Crippen LogP contribution in [0.5, 0.6) is 0 Å². The third-order valence-electron chi connectivity index (χ3n) is 2.19. The second-order valence-electron chi connectivity index (χ2n) is 3.17. The van der Waals surface area contributed by atoms with Crippen molar-refractivity contribution in [2.24, 2.45) is 0 Å². The SMILES string of the molecule is C/C=C\c1cc2sccc2cc1C. The predicted molar refractivity (Wildman–Crippen MR) is 61.3 cm³/mol. The summed E-state index contributed by atoms with van der Waals surface area (Å²) >= 11 is 1.80. The van der Waals surface area contributed by atoms with Crippen molar-refractivity contribution in [1.82, 2.24) is 0 Å². The minimum absolute atomic E-state index is 1.33. The normalized spacial score (nSPS) is 11.5. The molecule has 1 aromatic carbocycles. The highest BCUT2D eigenvalue weighted by Crippen LogP contribution is 2.25. The van der Waals surface area contributed by atoms with Crippen LogP contribution in [0.2, 0.25) is 0 Å². The van der Waals surface area contributed by atoms with Crippen LogP contribution in [0.25, 0.3) is 16.2 Å². The van der Waals surface area contributed by atoms with Crippen molar-refractivity contribution in [2.45, 2.75) is 13.8 Å². The van der Waals surface area contributed by atoms with Crippen molar-refractivity contribution in [2.75, 3.05) is 0 Å². The van der Waals surface area contributed by atoms with Crippen molar-refractivity contribution in [3.05, 3.63) is 40.8 Å². The van der Waals surface area contributed by atoms with Gasteiger partial charge >= 0.3 is 0 Å². The van der Waals surface area contributed by atoms with Gasteiger partial charge in [0, 0.05) is 4.70 Å². The number of aryl methyl sites for hydroxylation is 1. The Labute approximate surface area is 82.5 Å². The molecule has 0 fully saturated rings. The molecule has 0 aliphatic rings. The number of thiophene rings is 1. The molecule has 0 nitrogen and oxygen atoms in total. The summed E-state index contributed by atoms with van der Waals surface area (Å²) < 4.78 is 1.37. The van der Waals surface area contributed by atoms with Gasteiger partial charge in [-0.3, -0.25) is 0 Å². The molecule has 0 spiro atoms. The van der Waals surface area contributed by atoms with Gasteiger partial charge in [-0.2, -0.15) is 0 Å². The molecule has 0 N–H and O–H groups in total. The molecule has 0 amide bonds. The average Bonchev–Trinajstić information content (AvgIpc) is 2.52. The smallest absolute Gasteiger partial charge is 0.0348 e. The van der Waals surface area contributed by atoms with Crippen molar-refractivity contribution in [1.29, 1.82) is 0 Å². The number of allylic oxidation sites excluding steroid dienone is 1. The summed E-state index contributed by atoms with van der Waals surface area (Å²) in [5, 5.41) is 3.50. The molecule has 1 heterocycles. The Morgan fingerprint density at radius 1 is 1.31 bits per heavy atom. The van der Waals surface area contributed by atoms with Gasteiger partial charge in [0.2, 0.25) is 0 Å². The lowest BCUT2D eigenvalue weighted by molar-refractivity contribution is 1.48. The minimum atomic E-state index is 1.33. The number of fused-ring (bicyclic) bond motifs is 1. The van der Waals surface area contributed by atoms with E-state index in [0.717, 1.165) is 0 Å². The lowest BCUT2D eigenvalue weighted by Crippen LogP contribution is -1.78. The molecule has 0 bridgehead atoms. The molecular weight excluding hydrogens is 176 g/mol. The topological polar surface area (TPSA) is 0 Å². The molecule has 0 atom stereocenters. The van der Waals surface area contributed by atoms with Gasteiger partial charge in [-0.05, 0) is 53.9 Å². The zero-order chi connectivity index (χ0) is 9.26. The van der Waals surface area contributed by atoms with Crippen LogP contribution in [-0.2, 0) is 0 Å². The summed E-state index contributed by atoms with van der Waals surface area (Å²) in [6.07, 6.45) is 4.25. The molecule has 1 aromatic heterocycles. The first kappa shape index (κ1) is 8.52. The monoisotopic (exact) mass is 188 g/mol. The first-order chi connectivity index (χ1) is 6.31. The Morgan fingerprint density at radius 2 is 2.15 bits per heavy atom. The van der Waals surface area contributed by atoms with E-state index in [-0.39, 0.29) is 0 Å². The number of rotatable bonds is 1. The zero-order valence-electron chi connectivity index (χ0n) is 7.87. The maximum atomic E-state index is 2.26. The maximum Gasteiger partial charge on any atom is 0.0348 e. The van der Waals surface area contributed by atoms with Gasteiger partial charge in [0.25, 0.3) is 0 Å². The molecule has 2 rings (SSSR count). The van der Waals surface area contributed by atoms with Gasteiger partial charge in [-0.15, -0.1) is 11.3 Å². The summed E-state index contributed by atoms with van der Waals surface area (Å²) in [7, 11) is 0. The molecule has 13 heavy (non-hydrogen) atoms. The first-order valence-corrected chi connectivity index (χ1v) is 5.30. The van der Waals surface area contributed by atoms with Gasteiger partial charge in [-0.25, -0.2) is 0 Å². The third-order valence-corrected chi connectivity index (χ3v) is 3.07. The van der Waals surface area contributed by atoms with Crippen molar-refractivity contribution in [3.8, 4) is 0 Å². The summed E-state index contributed by atoms with van der Waals surface area (Å²) in [4.78, 5) is 0. The van der Waals surface area contributed by atoms with E-state index in [0.29, 0.717) is 0 Å². The van der Waals surface area contributed by atoms with Crippen LogP contribution in [-0.4, -0.2) is 0 Å². The van der Waals surface area contributed by atoms with Gasteiger partial charge in [-0.1, -0.05) is 12.2 Å². The quantitative estimate of drug-likeness (QED) is 0.628. The Morgan fingerprint density at radius 3 is 2.92 bits per heavy atom. The van der Waals surface area contributed by atoms with Crippen molar-refractivity contribution in [3.63, 3.8) is 0 Å². The molecule has 0 radical (unpaired) electrons. The molecule has 66 valence electrons. The summed E-state index contributed by atoms with van der Waals surface area (Å²) in [6.45, 7) is 4.21. The maximum absolute atomic E-state index is 2.26. The Hall–Kier alpha value is -1.08. The molecule has 1 heteroatoms. The molecular formula is C12H12S. The van der Waals surface area contributed by atoms with Crippen molar-refractivity contribution < 1.29 is 0 Å². The van der Waals surface area contributed by atoms with Crippen LogP contribution in [0.15, 0.2) is 29.7 Å². The fourth-order valence-electron chi connectivity index (χ4n) is 1.50. The molecule has 2 aromatic rings. The first-order valence-electron chi connectivity index (χ1n) is 4.42. The van der Waals surface area contributed by atoms with Crippen LogP contribution >= 0.6 is 11.3 Å². The fourth-order valence-corrected chi connectivity index (χ4v) is 2.32. The average molecular weight is 188 g/mol. The third kappa shape index (κ3) is 1.52. The molecule has 0 aliphatic carbocycles. The van der Waals surface area contributed by atoms with E-state index in [1.165, 1.54) is 21.2 Å². The van der Waals surface area contributed by atoms with E-state index in [1.807, 2.05) is 0 Å². The Kier molecular flexibility index (Phi) is 2.19. The molecule has 0 saturated heterocycles. The number of benzene rings is 1. The van der Waals surface area contributed by atoms with Crippen LogP contribution < -0.4 is 0 Å². The van der Waals surface area contributed by atoms with Crippen molar-refractivity contribution >= 4 is 27.5 Å². The van der Waals surface area contributed by atoms with E-state index < -0.39 is 0 Å². The zero-order valence-corrected chi connectivity index (χ0v) is 8.69. The van der Waals surface area contributed by atoms with Gasteiger partial charge in [0.05, 0.1) is 0 Å². The Balaban J connectivity index is 2.69.